The summed E-state index contributed by atoms with van der Waals surface area (Å²) in [5.74, 6) is -0.482. The van der Waals surface area contributed by atoms with E-state index in [4.69, 9.17) is 4.42 Å². The smallest absolute Gasteiger partial charge is 0.240 e. The van der Waals surface area contributed by atoms with Gasteiger partial charge in [0.25, 0.3) is 0 Å². The van der Waals surface area contributed by atoms with E-state index in [0.717, 1.165) is 17.7 Å². The highest BCUT2D eigenvalue weighted by Crippen LogP contribution is 2.15. The number of sulfonamides is 1. The van der Waals surface area contributed by atoms with Crippen LogP contribution in [0, 0.1) is 5.82 Å². The van der Waals surface area contributed by atoms with Gasteiger partial charge in [-0.05, 0) is 42.0 Å². The number of halogens is 1. The van der Waals surface area contributed by atoms with Crippen LogP contribution in [0.4, 0.5) is 4.39 Å². The van der Waals surface area contributed by atoms with E-state index < -0.39 is 15.8 Å². The van der Waals surface area contributed by atoms with E-state index in [1.54, 1.807) is 18.2 Å². The summed E-state index contributed by atoms with van der Waals surface area (Å²) in [4.78, 5) is 4.00. The molecule has 0 spiro atoms. The van der Waals surface area contributed by atoms with Crippen LogP contribution in [0.25, 0.3) is 11.1 Å². The molecule has 0 saturated heterocycles. The van der Waals surface area contributed by atoms with Crippen LogP contribution >= 0.6 is 0 Å². The van der Waals surface area contributed by atoms with E-state index in [0.29, 0.717) is 11.1 Å². The van der Waals surface area contributed by atoms with Crippen molar-refractivity contribution in [2.24, 2.45) is 0 Å². The zero-order chi connectivity index (χ0) is 14.9. The number of fused-ring (bicyclic) bond motifs is 1. The third kappa shape index (κ3) is 2.93. The normalized spacial score (nSPS) is 11.9. The molecule has 108 valence electrons. The fourth-order valence-electron chi connectivity index (χ4n) is 1.88. The molecule has 0 saturated carbocycles. The van der Waals surface area contributed by atoms with Gasteiger partial charge in [0.2, 0.25) is 10.0 Å². The maximum Gasteiger partial charge on any atom is 0.240 e. The van der Waals surface area contributed by atoms with E-state index in [9.17, 15) is 12.8 Å². The highest BCUT2D eigenvalue weighted by molar-refractivity contribution is 7.89. The van der Waals surface area contributed by atoms with Crippen molar-refractivity contribution in [1.82, 2.24) is 9.71 Å². The Balaban J connectivity index is 1.78. The first-order chi connectivity index (χ1) is 10.0. The van der Waals surface area contributed by atoms with Crippen molar-refractivity contribution < 1.29 is 17.2 Å². The molecule has 0 bridgehead atoms. The molecule has 3 rings (SSSR count). The molecule has 7 heteroatoms. The molecule has 1 heterocycles. The summed E-state index contributed by atoms with van der Waals surface area (Å²) in [7, 11) is -3.68. The molecule has 0 radical (unpaired) electrons. The van der Waals surface area contributed by atoms with Crippen LogP contribution in [0.1, 0.15) is 5.56 Å². The highest BCUT2D eigenvalue weighted by Gasteiger charge is 2.13. The third-order valence-electron chi connectivity index (χ3n) is 2.99. The zero-order valence-corrected chi connectivity index (χ0v) is 11.6. The predicted octanol–water partition coefficient (Wildman–Crippen LogP) is 2.45. The second-order valence-corrected chi connectivity index (χ2v) is 6.20. The fourth-order valence-corrected chi connectivity index (χ4v) is 2.90. The molecule has 0 amide bonds. The number of oxazole rings is 1. The third-order valence-corrected chi connectivity index (χ3v) is 4.40. The Labute approximate surface area is 120 Å². The van der Waals surface area contributed by atoms with Crippen LogP contribution in [0.3, 0.4) is 0 Å². The number of nitrogens with zero attached hydrogens (tertiary/aromatic N) is 1. The molecule has 3 aromatic rings. The molecular weight excluding hydrogens is 295 g/mol. The first-order valence-electron chi connectivity index (χ1n) is 6.12. The van der Waals surface area contributed by atoms with Gasteiger partial charge in [-0.1, -0.05) is 6.07 Å². The van der Waals surface area contributed by atoms with E-state index in [2.05, 4.69) is 9.71 Å². The number of aromatic nitrogens is 1. The van der Waals surface area contributed by atoms with Gasteiger partial charge in [0.15, 0.2) is 12.0 Å². The molecule has 0 aliphatic carbocycles. The van der Waals surface area contributed by atoms with Crippen molar-refractivity contribution in [2.75, 3.05) is 0 Å². The first kappa shape index (κ1) is 13.7. The average molecular weight is 306 g/mol. The summed E-state index contributed by atoms with van der Waals surface area (Å²) < 4.78 is 44.5. The lowest BCUT2D eigenvalue weighted by Crippen LogP contribution is -2.23. The van der Waals surface area contributed by atoms with E-state index in [1.165, 1.54) is 18.5 Å². The maximum atomic E-state index is 12.8. The molecule has 5 nitrogen and oxygen atoms in total. The van der Waals surface area contributed by atoms with Crippen molar-refractivity contribution >= 4 is 21.1 Å². The molecular formula is C14H11FN2O3S. The van der Waals surface area contributed by atoms with Gasteiger partial charge in [-0.15, -0.1) is 0 Å². The minimum atomic E-state index is -3.68. The van der Waals surface area contributed by atoms with Crippen molar-refractivity contribution in [3.8, 4) is 0 Å². The van der Waals surface area contributed by atoms with Crippen molar-refractivity contribution in [3.05, 3.63) is 60.2 Å². The average Bonchev–Trinajstić information content (AvgIpc) is 2.93. The summed E-state index contributed by atoms with van der Waals surface area (Å²) in [6.45, 7) is 0.107. The summed E-state index contributed by atoms with van der Waals surface area (Å²) in [6, 6.07) is 9.88. The van der Waals surface area contributed by atoms with Crippen LogP contribution < -0.4 is 4.72 Å². The van der Waals surface area contributed by atoms with E-state index >= 15 is 0 Å². The van der Waals surface area contributed by atoms with Crippen LogP contribution in [0.2, 0.25) is 0 Å². The monoisotopic (exact) mass is 306 g/mol. The summed E-state index contributed by atoms with van der Waals surface area (Å²) >= 11 is 0. The number of hydrogen-bond donors (Lipinski definition) is 1. The Hall–Kier alpha value is -2.25. The molecule has 0 aliphatic heterocycles. The van der Waals surface area contributed by atoms with Crippen molar-refractivity contribution in [1.29, 1.82) is 0 Å². The molecule has 1 N–H and O–H groups in total. The Bertz CT molecular complexity index is 873. The molecule has 0 aliphatic rings. The van der Waals surface area contributed by atoms with Crippen molar-refractivity contribution in [2.45, 2.75) is 11.4 Å². The fraction of sp³-hybridized carbons (Fsp3) is 0.0714. The SMILES string of the molecule is O=S(=O)(NCc1ccc2ncoc2c1)c1ccc(F)cc1. The van der Waals surface area contributed by atoms with Gasteiger partial charge >= 0.3 is 0 Å². The van der Waals surface area contributed by atoms with Gasteiger partial charge in [-0.3, -0.25) is 0 Å². The van der Waals surface area contributed by atoms with Gasteiger partial charge < -0.3 is 4.42 Å². The van der Waals surface area contributed by atoms with Gasteiger partial charge in [0.05, 0.1) is 4.90 Å². The predicted molar refractivity (Wildman–Crippen MR) is 74.4 cm³/mol. The highest BCUT2D eigenvalue weighted by atomic mass is 32.2. The largest absolute Gasteiger partial charge is 0.443 e. The van der Waals surface area contributed by atoms with Crippen LogP contribution in [-0.2, 0) is 16.6 Å². The maximum absolute atomic E-state index is 12.8. The molecule has 0 fully saturated rings. The Morgan fingerprint density at radius 2 is 1.90 bits per heavy atom. The molecule has 21 heavy (non-hydrogen) atoms. The lowest BCUT2D eigenvalue weighted by atomic mass is 10.2. The van der Waals surface area contributed by atoms with Gasteiger partial charge in [-0.25, -0.2) is 22.5 Å². The Kier molecular flexibility index (Phi) is 3.44. The quantitative estimate of drug-likeness (QED) is 0.803. The van der Waals surface area contributed by atoms with Crippen LogP contribution in [0.15, 0.2) is 58.2 Å². The standard InChI is InChI=1S/C14H11FN2O3S/c15-11-2-4-12(5-3-11)21(18,19)17-8-10-1-6-13-14(7-10)20-9-16-13/h1-7,9,17H,8H2. The van der Waals surface area contributed by atoms with Crippen molar-refractivity contribution in [3.63, 3.8) is 0 Å². The Morgan fingerprint density at radius 1 is 1.14 bits per heavy atom. The molecule has 2 aromatic carbocycles. The number of benzene rings is 2. The summed E-state index contributed by atoms with van der Waals surface area (Å²) in [6.07, 6.45) is 1.33. The summed E-state index contributed by atoms with van der Waals surface area (Å²) in [5.41, 5.74) is 2.04. The number of nitrogens with one attached hydrogen (secondary N) is 1. The lowest BCUT2D eigenvalue weighted by Gasteiger charge is -2.06. The van der Waals surface area contributed by atoms with Crippen LogP contribution in [-0.4, -0.2) is 13.4 Å². The minimum absolute atomic E-state index is 0.0182. The second kappa shape index (κ2) is 5.27. The number of hydrogen-bond acceptors (Lipinski definition) is 4. The van der Waals surface area contributed by atoms with Gasteiger partial charge in [0.1, 0.15) is 11.3 Å². The van der Waals surface area contributed by atoms with E-state index in [-0.39, 0.29) is 11.4 Å². The zero-order valence-electron chi connectivity index (χ0n) is 10.8. The minimum Gasteiger partial charge on any atom is -0.443 e. The summed E-state index contributed by atoms with van der Waals surface area (Å²) in [5, 5.41) is 0. The van der Waals surface area contributed by atoms with Gasteiger partial charge in [-0.2, -0.15) is 0 Å². The second-order valence-electron chi connectivity index (χ2n) is 4.43. The Morgan fingerprint density at radius 3 is 2.67 bits per heavy atom. The first-order valence-corrected chi connectivity index (χ1v) is 7.60. The number of rotatable bonds is 4. The van der Waals surface area contributed by atoms with E-state index in [1.807, 2.05) is 0 Å². The lowest BCUT2D eigenvalue weighted by molar-refractivity contribution is 0.580. The molecule has 1 aromatic heterocycles. The van der Waals surface area contributed by atoms with Crippen LogP contribution in [0.5, 0.6) is 0 Å². The van der Waals surface area contributed by atoms with Gasteiger partial charge in [0, 0.05) is 6.54 Å². The molecule has 0 atom stereocenters. The topological polar surface area (TPSA) is 72.2 Å². The molecule has 0 unspecified atom stereocenters.